The predicted octanol–water partition coefficient (Wildman–Crippen LogP) is 4.10. The van der Waals surface area contributed by atoms with Gasteiger partial charge in [-0.1, -0.05) is 26.0 Å². The summed E-state index contributed by atoms with van der Waals surface area (Å²) in [6, 6.07) is 9.34. The van der Waals surface area contributed by atoms with Gasteiger partial charge in [0.15, 0.2) is 0 Å². The summed E-state index contributed by atoms with van der Waals surface area (Å²) in [7, 11) is 0. The third-order valence-electron chi connectivity index (χ3n) is 4.07. The van der Waals surface area contributed by atoms with Crippen LogP contribution in [-0.4, -0.2) is 37.2 Å². The number of nitrogens with zero attached hydrogens (tertiary/aromatic N) is 1. The first-order valence-electron chi connectivity index (χ1n) is 8.66. The van der Waals surface area contributed by atoms with Crippen molar-refractivity contribution in [2.45, 2.75) is 27.3 Å². The van der Waals surface area contributed by atoms with Gasteiger partial charge in [-0.15, -0.1) is 11.3 Å². The van der Waals surface area contributed by atoms with Crippen molar-refractivity contribution in [2.24, 2.45) is 0 Å². The van der Waals surface area contributed by atoms with Gasteiger partial charge in [0.1, 0.15) is 12.4 Å². The van der Waals surface area contributed by atoms with Crippen LogP contribution in [0.3, 0.4) is 0 Å². The van der Waals surface area contributed by atoms with Crippen molar-refractivity contribution >= 4 is 23.1 Å². The summed E-state index contributed by atoms with van der Waals surface area (Å²) in [4.78, 5) is 15.6. The van der Waals surface area contributed by atoms with E-state index in [0.29, 0.717) is 24.6 Å². The third-order valence-corrected chi connectivity index (χ3v) is 5.10. The Kier molecular flexibility index (Phi) is 7.76. The molecule has 0 aliphatic heterocycles. The number of likely N-dealkylation sites (N-methyl/N-ethyl adjacent to an activating group) is 1. The van der Waals surface area contributed by atoms with Crippen LogP contribution in [0.2, 0.25) is 0 Å². The molecule has 0 aliphatic rings. The monoisotopic (exact) mass is 361 g/mol. The number of para-hydroxylation sites is 2. The maximum Gasteiger partial charge on any atom is 0.319 e. The lowest BCUT2D eigenvalue weighted by atomic mass is 10.3. The number of hydrogen-bond donors (Lipinski definition) is 2. The first-order chi connectivity index (χ1) is 12.1. The molecular formula is C19H27N3O2S. The fourth-order valence-corrected chi connectivity index (χ4v) is 3.28. The second kappa shape index (κ2) is 10.1. The number of nitrogens with one attached hydrogen (secondary N) is 2. The molecule has 0 bridgehead atoms. The molecule has 25 heavy (non-hydrogen) atoms. The molecular weight excluding hydrogens is 334 g/mol. The van der Waals surface area contributed by atoms with Gasteiger partial charge in [0.05, 0.1) is 12.2 Å². The minimum atomic E-state index is -0.229. The van der Waals surface area contributed by atoms with Crippen LogP contribution >= 0.6 is 11.3 Å². The highest BCUT2D eigenvalue weighted by atomic mass is 32.1. The van der Waals surface area contributed by atoms with Crippen LogP contribution in [-0.2, 0) is 6.54 Å². The molecule has 0 radical (unpaired) electrons. The first kappa shape index (κ1) is 19.3. The van der Waals surface area contributed by atoms with Crippen molar-refractivity contribution in [3.05, 3.63) is 46.2 Å². The van der Waals surface area contributed by atoms with Gasteiger partial charge >= 0.3 is 6.03 Å². The zero-order valence-corrected chi connectivity index (χ0v) is 16.0. The molecule has 0 saturated carbocycles. The van der Waals surface area contributed by atoms with E-state index in [1.807, 2.05) is 36.6 Å². The Morgan fingerprint density at radius 3 is 2.64 bits per heavy atom. The molecule has 0 fully saturated rings. The Bertz CT molecular complexity index is 668. The second-order valence-corrected chi connectivity index (χ2v) is 6.71. The van der Waals surface area contributed by atoms with Gasteiger partial charge in [0, 0.05) is 11.4 Å². The van der Waals surface area contributed by atoms with Gasteiger partial charge in [-0.25, -0.2) is 4.79 Å². The summed E-state index contributed by atoms with van der Waals surface area (Å²) in [6.07, 6.45) is 0. The van der Waals surface area contributed by atoms with Gasteiger partial charge < -0.3 is 20.3 Å². The van der Waals surface area contributed by atoms with Crippen molar-refractivity contribution in [3.8, 4) is 5.75 Å². The number of rotatable bonds is 9. The number of aryl methyl sites for hydroxylation is 1. The van der Waals surface area contributed by atoms with Crippen LogP contribution in [0, 0.1) is 6.92 Å². The van der Waals surface area contributed by atoms with E-state index in [-0.39, 0.29) is 6.03 Å². The Morgan fingerprint density at radius 1 is 1.20 bits per heavy atom. The molecule has 0 unspecified atom stereocenters. The maximum atomic E-state index is 12.2. The van der Waals surface area contributed by atoms with E-state index in [9.17, 15) is 4.79 Å². The van der Waals surface area contributed by atoms with E-state index in [0.717, 1.165) is 19.6 Å². The van der Waals surface area contributed by atoms with Gasteiger partial charge in [0.25, 0.3) is 0 Å². The van der Waals surface area contributed by atoms with Crippen LogP contribution in [0.5, 0.6) is 5.75 Å². The summed E-state index contributed by atoms with van der Waals surface area (Å²) >= 11 is 1.65. The zero-order valence-electron chi connectivity index (χ0n) is 15.2. The molecule has 2 N–H and O–H groups in total. The average Bonchev–Trinajstić information content (AvgIpc) is 3.03. The molecule has 0 aliphatic carbocycles. The standard InChI is InChI=1S/C19H27N3O2S/c1-4-22(5-2)11-12-24-17-9-7-6-8-16(17)21-19(23)20-14-18-15(3)10-13-25-18/h6-10,13H,4-5,11-12,14H2,1-3H3,(H2,20,21,23). The number of benzene rings is 1. The number of hydrogen-bond acceptors (Lipinski definition) is 4. The lowest BCUT2D eigenvalue weighted by Gasteiger charge is -2.19. The third kappa shape index (κ3) is 6.07. The molecule has 0 spiro atoms. The van der Waals surface area contributed by atoms with Crippen molar-refractivity contribution < 1.29 is 9.53 Å². The van der Waals surface area contributed by atoms with Crippen molar-refractivity contribution in [1.29, 1.82) is 0 Å². The molecule has 1 aromatic heterocycles. The average molecular weight is 362 g/mol. The number of ether oxygens (including phenoxy) is 1. The van der Waals surface area contributed by atoms with Crippen LogP contribution < -0.4 is 15.4 Å². The quantitative estimate of drug-likeness (QED) is 0.707. The van der Waals surface area contributed by atoms with E-state index in [2.05, 4.69) is 35.4 Å². The van der Waals surface area contributed by atoms with Crippen LogP contribution in [0.1, 0.15) is 24.3 Å². The number of amides is 2. The smallest absolute Gasteiger partial charge is 0.319 e. The lowest BCUT2D eigenvalue weighted by Crippen LogP contribution is -2.29. The summed E-state index contributed by atoms with van der Waals surface area (Å²) in [5, 5.41) is 7.80. The summed E-state index contributed by atoms with van der Waals surface area (Å²) in [5.74, 6) is 0.692. The van der Waals surface area contributed by atoms with Crippen LogP contribution in [0.25, 0.3) is 0 Å². The number of carbonyl (C=O) groups excluding carboxylic acids is 1. The molecule has 5 nitrogen and oxygen atoms in total. The number of carbonyl (C=O) groups is 1. The highest BCUT2D eigenvalue weighted by molar-refractivity contribution is 7.10. The zero-order chi connectivity index (χ0) is 18.1. The Morgan fingerprint density at radius 2 is 1.96 bits per heavy atom. The number of urea groups is 1. The minimum Gasteiger partial charge on any atom is -0.490 e. The Labute approximate surface area is 154 Å². The van der Waals surface area contributed by atoms with E-state index >= 15 is 0 Å². The van der Waals surface area contributed by atoms with Crippen LogP contribution in [0.4, 0.5) is 10.5 Å². The molecule has 0 atom stereocenters. The van der Waals surface area contributed by atoms with E-state index in [1.165, 1.54) is 10.4 Å². The molecule has 1 aromatic carbocycles. The first-order valence-corrected chi connectivity index (χ1v) is 9.54. The highest BCUT2D eigenvalue weighted by Crippen LogP contribution is 2.23. The van der Waals surface area contributed by atoms with E-state index < -0.39 is 0 Å². The molecule has 1 heterocycles. The Hall–Kier alpha value is -2.05. The minimum absolute atomic E-state index is 0.229. The summed E-state index contributed by atoms with van der Waals surface area (Å²) < 4.78 is 5.86. The fourth-order valence-electron chi connectivity index (χ4n) is 2.43. The highest BCUT2D eigenvalue weighted by Gasteiger charge is 2.09. The number of anilines is 1. The van der Waals surface area contributed by atoms with Crippen molar-refractivity contribution in [3.63, 3.8) is 0 Å². The normalized spacial score (nSPS) is 10.7. The van der Waals surface area contributed by atoms with E-state index in [1.54, 1.807) is 11.3 Å². The molecule has 6 heteroatoms. The molecule has 136 valence electrons. The summed E-state index contributed by atoms with van der Waals surface area (Å²) in [5.41, 5.74) is 1.88. The SMILES string of the molecule is CCN(CC)CCOc1ccccc1NC(=O)NCc1sccc1C. The van der Waals surface area contributed by atoms with Gasteiger partial charge in [-0.2, -0.15) is 0 Å². The lowest BCUT2D eigenvalue weighted by molar-refractivity contribution is 0.223. The van der Waals surface area contributed by atoms with Crippen molar-refractivity contribution in [2.75, 3.05) is 31.6 Å². The molecule has 2 amide bonds. The molecule has 2 rings (SSSR count). The van der Waals surface area contributed by atoms with Crippen LogP contribution in [0.15, 0.2) is 35.7 Å². The molecule has 0 saturated heterocycles. The van der Waals surface area contributed by atoms with Gasteiger partial charge in [-0.3, -0.25) is 0 Å². The van der Waals surface area contributed by atoms with Crippen molar-refractivity contribution in [1.82, 2.24) is 10.2 Å². The van der Waals surface area contributed by atoms with E-state index in [4.69, 9.17) is 4.74 Å². The van der Waals surface area contributed by atoms with Gasteiger partial charge in [0.2, 0.25) is 0 Å². The predicted molar refractivity (Wildman–Crippen MR) is 105 cm³/mol. The maximum absolute atomic E-state index is 12.2. The fraction of sp³-hybridized carbons (Fsp3) is 0.421. The Balaban J connectivity index is 1.86. The largest absolute Gasteiger partial charge is 0.490 e. The summed E-state index contributed by atoms with van der Waals surface area (Å²) in [6.45, 7) is 10.3. The second-order valence-electron chi connectivity index (χ2n) is 5.71. The number of thiophene rings is 1. The topological polar surface area (TPSA) is 53.6 Å². The van der Waals surface area contributed by atoms with Gasteiger partial charge in [-0.05, 0) is 49.2 Å². The molecule has 2 aromatic rings.